The van der Waals surface area contributed by atoms with Crippen molar-refractivity contribution >= 4 is 12.0 Å². The van der Waals surface area contributed by atoms with E-state index >= 15 is 0 Å². The van der Waals surface area contributed by atoms with E-state index in [9.17, 15) is 4.79 Å². The van der Waals surface area contributed by atoms with Crippen molar-refractivity contribution in [3.8, 4) is 11.5 Å². The van der Waals surface area contributed by atoms with Crippen LogP contribution >= 0.6 is 0 Å². The van der Waals surface area contributed by atoms with Gasteiger partial charge in [-0.2, -0.15) is 0 Å². The molecule has 0 unspecified atom stereocenters. The molecule has 0 aromatic heterocycles. The minimum atomic E-state index is -0.413. The van der Waals surface area contributed by atoms with Crippen molar-refractivity contribution in [3.63, 3.8) is 0 Å². The summed E-state index contributed by atoms with van der Waals surface area (Å²) in [5, 5.41) is 0. The van der Waals surface area contributed by atoms with E-state index in [-0.39, 0.29) is 5.78 Å². The van der Waals surface area contributed by atoms with Crippen molar-refractivity contribution in [1.29, 1.82) is 0 Å². The summed E-state index contributed by atoms with van der Waals surface area (Å²) in [4.78, 5) is 17.4. The smallest absolute Gasteiger partial charge is 0.207 e. The zero-order chi connectivity index (χ0) is 21.4. The van der Waals surface area contributed by atoms with Gasteiger partial charge in [-0.15, -0.1) is 0 Å². The highest BCUT2D eigenvalue weighted by Gasteiger charge is 2.18. The van der Waals surface area contributed by atoms with E-state index in [1.165, 1.54) is 6.21 Å². The van der Waals surface area contributed by atoms with Crippen LogP contribution in [0.1, 0.15) is 35.3 Å². The molecule has 0 aliphatic carbocycles. The van der Waals surface area contributed by atoms with Crippen LogP contribution in [-0.2, 0) is 13.0 Å². The monoisotopic (exact) mass is 401 g/mol. The summed E-state index contributed by atoms with van der Waals surface area (Å²) in [5.41, 5.74) is 2.29. The Morgan fingerprint density at radius 3 is 2.27 bits per heavy atom. The van der Waals surface area contributed by atoms with E-state index in [1.807, 2.05) is 86.6 Å². The van der Waals surface area contributed by atoms with Crippen molar-refractivity contribution in [2.75, 3.05) is 7.11 Å². The van der Waals surface area contributed by atoms with Crippen LogP contribution in [0, 0.1) is 0 Å². The third-order valence-corrected chi connectivity index (χ3v) is 4.72. The Hall–Kier alpha value is -3.40. The molecule has 0 N–H and O–H groups in total. The topological polar surface area (TPSA) is 47.9 Å². The summed E-state index contributed by atoms with van der Waals surface area (Å²) >= 11 is 0. The number of ketones is 1. The third kappa shape index (κ3) is 6.05. The summed E-state index contributed by atoms with van der Waals surface area (Å²) in [7, 11) is 1.65. The number of ether oxygens (including phenoxy) is 2. The van der Waals surface area contributed by atoms with Gasteiger partial charge in [0.25, 0.3) is 0 Å². The lowest BCUT2D eigenvalue weighted by Gasteiger charge is -2.19. The Labute approximate surface area is 178 Å². The minimum absolute atomic E-state index is 0.165. The molecule has 0 aliphatic heterocycles. The first-order chi connectivity index (χ1) is 14.5. The van der Waals surface area contributed by atoms with Crippen molar-refractivity contribution in [3.05, 3.63) is 95.6 Å². The van der Waals surface area contributed by atoms with E-state index in [4.69, 9.17) is 9.47 Å². The fraction of sp³-hybridized carbons (Fsp3) is 0.231. The first kappa shape index (κ1) is 21.3. The lowest BCUT2D eigenvalue weighted by atomic mass is 9.95. The molecular weight excluding hydrogens is 374 g/mol. The van der Waals surface area contributed by atoms with Gasteiger partial charge in [0.2, 0.25) is 5.78 Å². The highest BCUT2D eigenvalue weighted by atomic mass is 16.5. The molecule has 0 saturated carbocycles. The van der Waals surface area contributed by atoms with Crippen LogP contribution in [0.5, 0.6) is 11.5 Å². The lowest BCUT2D eigenvalue weighted by molar-refractivity contribution is 0.106. The molecule has 0 bridgehead atoms. The summed E-state index contributed by atoms with van der Waals surface area (Å²) in [6, 6.07) is 25.1. The van der Waals surface area contributed by atoms with Crippen LogP contribution in [0.25, 0.3) is 0 Å². The van der Waals surface area contributed by atoms with Gasteiger partial charge in [-0.1, -0.05) is 54.6 Å². The third-order valence-electron chi connectivity index (χ3n) is 4.72. The quantitative estimate of drug-likeness (QED) is 0.349. The molecule has 4 nitrogen and oxygen atoms in total. The Balaban J connectivity index is 1.67. The Morgan fingerprint density at radius 1 is 0.900 bits per heavy atom. The Morgan fingerprint density at radius 2 is 1.57 bits per heavy atom. The van der Waals surface area contributed by atoms with Gasteiger partial charge in [0.05, 0.1) is 24.4 Å². The van der Waals surface area contributed by atoms with Gasteiger partial charge in [-0.25, -0.2) is 0 Å². The molecule has 154 valence electrons. The molecule has 0 aliphatic rings. The summed E-state index contributed by atoms with van der Waals surface area (Å²) < 4.78 is 11.1. The van der Waals surface area contributed by atoms with E-state index < -0.39 is 5.54 Å². The van der Waals surface area contributed by atoms with Gasteiger partial charge in [-0.05, 0) is 55.7 Å². The van der Waals surface area contributed by atoms with Gasteiger partial charge in [0.15, 0.2) is 0 Å². The number of para-hydroxylation sites is 1. The number of rotatable bonds is 9. The fourth-order valence-corrected chi connectivity index (χ4v) is 3.12. The molecule has 4 heteroatoms. The van der Waals surface area contributed by atoms with Crippen LogP contribution in [0.15, 0.2) is 83.9 Å². The molecule has 0 atom stereocenters. The maximum Gasteiger partial charge on any atom is 0.207 e. The second kappa shape index (κ2) is 9.88. The second-order valence-corrected chi connectivity index (χ2v) is 7.73. The largest absolute Gasteiger partial charge is 0.497 e. The first-order valence-electron chi connectivity index (χ1n) is 9.95. The van der Waals surface area contributed by atoms with E-state index in [0.717, 1.165) is 16.9 Å². The maximum atomic E-state index is 12.8. The van der Waals surface area contributed by atoms with Crippen LogP contribution < -0.4 is 9.47 Å². The van der Waals surface area contributed by atoms with Crippen molar-refractivity contribution in [2.45, 2.75) is 32.4 Å². The minimum Gasteiger partial charge on any atom is -0.497 e. The average Bonchev–Trinajstić information content (AvgIpc) is 2.77. The van der Waals surface area contributed by atoms with Crippen LogP contribution in [0.3, 0.4) is 0 Å². The number of methoxy groups -OCH3 is 1. The molecule has 3 aromatic rings. The van der Waals surface area contributed by atoms with E-state index in [1.54, 1.807) is 13.2 Å². The van der Waals surface area contributed by atoms with Crippen molar-refractivity contribution < 1.29 is 14.3 Å². The predicted octanol–water partition coefficient (Wildman–Crippen LogP) is 5.55. The molecular formula is C26H27NO3. The van der Waals surface area contributed by atoms with Gasteiger partial charge in [-0.3, -0.25) is 9.79 Å². The molecule has 0 heterocycles. The highest BCUT2D eigenvalue weighted by molar-refractivity contribution is 6.36. The maximum absolute atomic E-state index is 12.8. The van der Waals surface area contributed by atoms with E-state index in [0.29, 0.717) is 24.3 Å². The standard InChI is InChI=1S/C26H27NO3/c1-26(2,17-20-13-15-22(29-3)16-14-20)27-18-24(28)23-11-7-8-12-25(23)30-19-21-9-5-4-6-10-21/h4-16,18H,17,19H2,1-3H3/b27-18+. The Bertz CT molecular complexity index is 992. The molecule has 0 fully saturated rings. The second-order valence-electron chi connectivity index (χ2n) is 7.73. The normalized spacial score (nSPS) is 11.4. The van der Waals surface area contributed by atoms with Gasteiger partial charge in [0.1, 0.15) is 18.1 Å². The van der Waals surface area contributed by atoms with Gasteiger partial charge >= 0.3 is 0 Å². The molecule has 0 radical (unpaired) electrons. The van der Waals surface area contributed by atoms with Gasteiger partial charge in [0, 0.05) is 0 Å². The summed E-state index contributed by atoms with van der Waals surface area (Å²) in [6.45, 7) is 4.43. The highest BCUT2D eigenvalue weighted by Crippen LogP contribution is 2.22. The first-order valence-corrected chi connectivity index (χ1v) is 9.95. The summed E-state index contributed by atoms with van der Waals surface area (Å²) in [5.74, 6) is 1.22. The predicted molar refractivity (Wildman–Crippen MR) is 121 cm³/mol. The fourth-order valence-electron chi connectivity index (χ4n) is 3.12. The van der Waals surface area contributed by atoms with Crippen LogP contribution in [0.4, 0.5) is 0 Å². The number of nitrogens with zero attached hydrogens (tertiary/aromatic N) is 1. The number of benzene rings is 3. The molecule has 3 rings (SSSR count). The molecule has 30 heavy (non-hydrogen) atoms. The van der Waals surface area contributed by atoms with Gasteiger partial charge < -0.3 is 9.47 Å². The van der Waals surface area contributed by atoms with E-state index in [2.05, 4.69) is 4.99 Å². The number of hydrogen-bond acceptors (Lipinski definition) is 4. The Kier molecular flexibility index (Phi) is 7.02. The molecule has 0 amide bonds. The zero-order valence-electron chi connectivity index (χ0n) is 17.7. The molecule has 0 saturated heterocycles. The van der Waals surface area contributed by atoms with Crippen LogP contribution in [0.2, 0.25) is 0 Å². The number of carbonyl (C=O) groups excluding carboxylic acids is 1. The number of aliphatic imine (C=N–C) groups is 1. The zero-order valence-corrected chi connectivity index (χ0v) is 17.7. The lowest BCUT2D eigenvalue weighted by Crippen LogP contribution is -2.21. The number of carbonyl (C=O) groups is 1. The number of Topliss-reactive ketones (excluding diaryl/α,β-unsaturated/α-hetero) is 1. The molecule has 0 spiro atoms. The van der Waals surface area contributed by atoms with Crippen molar-refractivity contribution in [2.24, 2.45) is 4.99 Å². The van der Waals surface area contributed by atoms with Crippen LogP contribution in [-0.4, -0.2) is 24.6 Å². The molecule has 3 aromatic carbocycles. The van der Waals surface area contributed by atoms with Crippen molar-refractivity contribution in [1.82, 2.24) is 0 Å². The number of hydrogen-bond donors (Lipinski definition) is 0. The average molecular weight is 402 g/mol. The SMILES string of the molecule is COc1ccc(CC(C)(C)/N=C/C(=O)c2ccccc2OCc2ccccc2)cc1. The summed E-state index contributed by atoms with van der Waals surface area (Å²) in [6.07, 6.45) is 2.13.